The van der Waals surface area contributed by atoms with E-state index >= 15 is 0 Å². The van der Waals surface area contributed by atoms with E-state index in [1.807, 2.05) is 31.7 Å². The van der Waals surface area contributed by atoms with Gasteiger partial charge in [-0.05, 0) is 40.0 Å². The second-order valence-electron chi connectivity index (χ2n) is 4.89. The normalized spacial score (nSPS) is 26.6. The Bertz CT molecular complexity index is 273. The molecular weight excluding hydrogens is 214 g/mol. The van der Waals surface area contributed by atoms with Gasteiger partial charge in [0.25, 0.3) is 0 Å². The molecule has 2 atom stereocenters. The number of hydrogen-bond donors (Lipinski definition) is 0. The molecule has 98 valence electrons. The van der Waals surface area contributed by atoms with E-state index in [1.54, 1.807) is 0 Å². The Hall–Kier alpha value is -0.830. The van der Waals surface area contributed by atoms with E-state index in [2.05, 4.69) is 6.58 Å². The lowest BCUT2D eigenvalue weighted by Gasteiger charge is -2.23. The summed E-state index contributed by atoms with van der Waals surface area (Å²) in [5, 5.41) is 0. The zero-order chi connectivity index (χ0) is 12.9. The van der Waals surface area contributed by atoms with Crippen molar-refractivity contribution in [3.05, 3.63) is 12.7 Å². The molecule has 0 bridgehead atoms. The van der Waals surface area contributed by atoms with Crippen LogP contribution in [0.3, 0.4) is 0 Å². The number of unbranched alkanes of at least 4 members (excludes halogenated alkanes) is 1. The van der Waals surface area contributed by atoms with E-state index in [9.17, 15) is 4.79 Å². The van der Waals surface area contributed by atoms with Crippen LogP contribution in [0, 0.1) is 5.41 Å². The highest BCUT2D eigenvalue weighted by atomic mass is 16.5. The largest absolute Gasteiger partial charge is 0.377 e. The van der Waals surface area contributed by atoms with Gasteiger partial charge >= 0.3 is 0 Å². The van der Waals surface area contributed by atoms with Crippen LogP contribution < -0.4 is 0 Å². The number of hydrogen-bond acceptors (Lipinski definition) is 2. The second-order valence-corrected chi connectivity index (χ2v) is 4.89. The van der Waals surface area contributed by atoms with Crippen LogP contribution in [0.1, 0.15) is 40.0 Å². The van der Waals surface area contributed by atoms with E-state index in [0.29, 0.717) is 0 Å². The van der Waals surface area contributed by atoms with E-state index < -0.39 is 0 Å². The van der Waals surface area contributed by atoms with Gasteiger partial charge in [0.05, 0.1) is 11.5 Å². The Morgan fingerprint density at radius 3 is 2.71 bits per heavy atom. The van der Waals surface area contributed by atoms with Gasteiger partial charge in [0.1, 0.15) is 0 Å². The summed E-state index contributed by atoms with van der Waals surface area (Å²) < 4.78 is 5.74. The minimum atomic E-state index is -0.264. The number of nitrogens with zero attached hydrogens (tertiary/aromatic N) is 1. The van der Waals surface area contributed by atoms with E-state index in [4.69, 9.17) is 4.74 Å². The number of rotatable bonds is 8. The minimum absolute atomic E-state index is 0.125. The molecule has 0 heterocycles. The first-order chi connectivity index (χ1) is 8.10. The van der Waals surface area contributed by atoms with Gasteiger partial charge in [-0.25, -0.2) is 0 Å². The van der Waals surface area contributed by atoms with Crippen molar-refractivity contribution >= 4 is 5.91 Å². The van der Waals surface area contributed by atoms with Crippen LogP contribution in [-0.2, 0) is 9.53 Å². The first-order valence-electron chi connectivity index (χ1n) is 6.62. The molecule has 0 spiro atoms. The average Bonchev–Trinajstić information content (AvgIpc) is 2.99. The summed E-state index contributed by atoms with van der Waals surface area (Å²) in [6.45, 7) is 12.0. The zero-order valence-corrected chi connectivity index (χ0v) is 11.4. The number of ether oxygens (including phenoxy) is 1. The molecule has 1 saturated carbocycles. The summed E-state index contributed by atoms with van der Waals surface area (Å²) in [5.41, 5.74) is -0.264. The summed E-state index contributed by atoms with van der Waals surface area (Å²) in [5.74, 6) is 0.247. The molecule has 3 heteroatoms. The Kier molecular flexibility index (Phi) is 5.19. The molecule has 0 saturated heterocycles. The topological polar surface area (TPSA) is 29.5 Å². The number of carbonyl (C=O) groups is 1. The summed E-state index contributed by atoms with van der Waals surface area (Å²) in [6.07, 6.45) is 4.87. The van der Waals surface area contributed by atoms with Crippen LogP contribution in [0.5, 0.6) is 0 Å². The Morgan fingerprint density at radius 1 is 1.53 bits per heavy atom. The molecular formula is C14H25NO2. The highest BCUT2D eigenvalue weighted by Gasteiger charge is 2.58. The van der Waals surface area contributed by atoms with Crippen LogP contribution >= 0.6 is 0 Å². The Morgan fingerprint density at radius 2 is 2.18 bits per heavy atom. The molecule has 1 amide bonds. The summed E-state index contributed by atoms with van der Waals surface area (Å²) >= 11 is 0. The van der Waals surface area contributed by atoms with E-state index in [-0.39, 0.29) is 17.4 Å². The van der Waals surface area contributed by atoms with Gasteiger partial charge in [0, 0.05) is 19.7 Å². The third kappa shape index (κ3) is 3.32. The van der Waals surface area contributed by atoms with Gasteiger partial charge in [-0.2, -0.15) is 0 Å². The molecule has 0 unspecified atom stereocenters. The van der Waals surface area contributed by atoms with Crippen molar-refractivity contribution in [1.82, 2.24) is 4.90 Å². The third-order valence-electron chi connectivity index (χ3n) is 3.57. The lowest BCUT2D eigenvalue weighted by molar-refractivity contribution is -0.137. The highest BCUT2D eigenvalue weighted by Crippen LogP contribution is 2.49. The van der Waals surface area contributed by atoms with Crippen molar-refractivity contribution in [2.24, 2.45) is 5.41 Å². The maximum atomic E-state index is 12.2. The summed E-state index contributed by atoms with van der Waals surface area (Å²) in [4.78, 5) is 14.1. The van der Waals surface area contributed by atoms with Crippen molar-refractivity contribution in [2.45, 2.75) is 46.1 Å². The van der Waals surface area contributed by atoms with Crippen LogP contribution in [-0.4, -0.2) is 36.6 Å². The minimum Gasteiger partial charge on any atom is -0.377 e. The Labute approximate surface area is 105 Å². The number of carbonyl (C=O) groups excluding carboxylic acids is 1. The van der Waals surface area contributed by atoms with Gasteiger partial charge in [-0.3, -0.25) is 4.79 Å². The molecule has 0 aliphatic heterocycles. The first-order valence-corrected chi connectivity index (χ1v) is 6.62. The monoisotopic (exact) mass is 239 g/mol. The predicted molar refractivity (Wildman–Crippen MR) is 69.8 cm³/mol. The molecule has 0 aromatic heterocycles. The van der Waals surface area contributed by atoms with E-state index in [0.717, 1.165) is 39.0 Å². The van der Waals surface area contributed by atoms with Crippen LogP contribution in [0.2, 0.25) is 0 Å². The summed E-state index contributed by atoms with van der Waals surface area (Å²) in [6, 6.07) is 0. The standard InChI is InChI=1S/C14H25NO2/c1-5-8-9-10-17-12-11-14(12,4)13(16)15(6-2)7-3/h5,12H,1,6-11H2,2-4H3/t12-,14+/m1/s1. The summed E-state index contributed by atoms with van der Waals surface area (Å²) in [7, 11) is 0. The SMILES string of the molecule is C=CCCCO[C@@H]1C[C@]1(C)C(=O)N(CC)CC. The molecule has 1 fully saturated rings. The maximum Gasteiger partial charge on any atom is 0.231 e. The van der Waals surface area contributed by atoms with Gasteiger partial charge in [0.2, 0.25) is 5.91 Å². The van der Waals surface area contributed by atoms with Gasteiger partial charge in [-0.15, -0.1) is 6.58 Å². The molecule has 1 aliphatic rings. The van der Waals surface area contributed by atoms with Crippen molar-refractivity contribution in [2.75, 3.05) is 19.7 Å². The molecule has 0 aromatic rings. The van der Waals surface area contributed by atoms with Crippen molar-refractivity contribution < 1.29 is 9.53 Å². The van der Waals surface area contributed by atoms with Gasteiger partial charge < -0.3 is 9.64 Å². The van der Waals surface area contributed by atoms with Crippen molar-refractivity contribution in [3.8, 4) is 0 Å². The molecule has 1 rings (SSSR count). The van der Waals surface area contributed by atoms with Crippen molar-refractivity contribution in [1.29, 1.82) is 0 Å². The molecule has 0 aromatic carbocycles. The molecule has 1 aliphatic carbocycles. The smallest absolute Gasteiger partial charge is 0.231 e. The van der Waals surface area contributed by atoms with Crippen molar-refractivity contribution in [3.63, 3.8) is 0 Å². The molecule has 17 heavy (non-hydrogen) atoms. The highest BCUT2D eigenvalue weighted by molar-refractivity contribution is 5.86. The van der Waals surface area contributed by atoms with Crippen LogP contribution in [0.4, 0.5) is 0 Å². The first kappa shape index (κ1) is 14.2. The van der Waals surface area contributed by atoms with Crippen LogP contribution in [0.25, 0.3) is 0 Å². The zero-order valence-electron chi connectivity index (χ0n) is 11.4. The second kappa shape index (κ2) is 6.20. The number of amides is 1. The molecule has 0 N–H and O–H groups in total. The lowest BCUT2D eigenvalue weighted by Crippen LogP contribution is -2.37. The predicted octanol–water partition coefficient (Wildman–Crippen LogP) is 2.62. The Balaban J connectivity index is 2.35. The quantitative estimate of drug-likeness (QED) is 0.481. The van der Waals surface area contributed by atoms with Crippen LogP contribution in [0.15, 0.2) is 12.7 Å². The fraction of sp³-hybridized carbons (Fsp3) is 0.786. The van der Waals surface area contributed by atoms with E-state index in [1.165, 1.54) is 0 Å². The fourth-order valence-electron chi connectivity index (χ4n) is 2.12. The fourth-order valence-corrected chi connectivity index (χ4v) is 2.12. The number of allylic oxidation sites excluding steroid dienone is 1. The molecule has 3 nitrogen and oxygen atoms in total. The maximum absolute atomic E-state index is 12.2. The molecule has 0 radical (unpaired) electrons. The average molecular weight is 239 g/mol. The van der Waals surface area contributed by atoms with Gasteiger partial charge in [0.15, 0.2) is 0 Å². The van der Waals surface area contributed by atoms with Gasteiger partial charge in [-0.1, -0.05) is 6.08 Å². The lowest BCUT2D eigenvalue weighted by atomic mass is 10.1. The third-order valence-corrected chi connectivity index (χ3v) is 3.57.